The van der Waals surface area contributed by atoms with Crippen LogP contribution in [-0.2, 0) is 6.61 Å². The second-order valence-corrected chi connectivity index (χ2v) is 5.59. The van der Waals surface area contributed by atoms with Gasteiger partial charge in [-0.2, -0.15) is 0 Å². The zero-order valence-corrected chi connectivity index (χ0v) is 13.3. The van der Waals surface area contributed by atoms with Crippen LogP contribution in [0.1, 0.15) is 24.1 Å². The third-order valence-corrected chi connectivity index (χ3v) is 3.74. The predicted molar refractivity (Wildman–Crippen MR) is 84.7 cm³/mol. The second-order valence-electron chi connectivity index (χ2n) is 4.72. The second kappa shape index (κ2) is 7.12. The molecular formula is C16H16Cl2FNO. The predicted octanol–water partition coefficient (Wildman–Crippen LogP) is 4.99. The van der Waals surface area contributed by atoms with Gasteiger partial charge in [0.2, 0.25) is 0 Å². The fourth-order valence-corrected chi connectivity index (χ4v) is 2.28. The average molecular weight is 328 g/mol. The summed E-state index contributed by atoms with van der Waals surface area (Å²) in [5, 5.41) is 4.14. The van der Waals surface area contributed by atoms with Crippen LogP contribution in [0.3, 0.4) is 0 Å². The van der Waals surface area contributed by atoms with Crippen molar-refractivity contribution in [1.29, 1.82) is 0 Å². The Bertz CT molecular complexity index is 634. The van der Waals surface area contributed by atoms with Crippen LogP contribution < -0.4 is 10.1 Å². The van der Waals surface area contributed by atoms with E-state index in [9.17, 15) is 4.39 Å². The number of halogens is 3. The van der Waals surface area contributed by atoms with Crippen molar-refractivity contribution in [2.24, 2.45) is 0 Å². The topological polar surface area (TPSA) is 21.3 Å². The summed E-state index contributed by atoms with van der Waals surface area (Å²) in [6, 6.07) is 10.0. The molecule has 2 aromatic rings. The molecule has 21 heavy (non-hydrogen) atoms. The Hall–Kier alpha value is -1.29. The molecule has 0 bridgehead atoms. The third-order valence-electron chi connectivity index (χ3n) is 3.27. The Morgan fingerprint density at radius 1 is 1.14 bits per heavy atom. The summed E-state index contributed by atoms with van der Waals surface area (Å²) in [7, 11) is 1.86. The Morgan fingerprint density at radius 3 is 2.48 bits per heavy atom. The van der Waals surface area contributed by atoms with Gasteiger partial charge in [0, 0.05) is 27.2 Å². The van der Waals surface area contributed by atoms with Crippen LogP contribution in [0.15, 0.2) is 36.4 Å². The van der Waals surface area contributed by atoms with Crippen LogP contribution in [0.25, 0.3) is 0 Å². The molecule has 0 heterocycles. The highest BCUT2D eigenvalue weighted by Gasteiger charge is 2.12. The number of hydrogen-bond acceptors (Lipinski definition) is 2. The van der Waals surface area contributed by atoms with Crippen molar-refractivity contribution in [2.75, 3.05) is 7.05 Å². The first kappa shape index (κ1) is 16.1. The summed E-state index contributed by atoms with van der Waals surface area (Å²) in [5.74, 6) is 0.301. The molecule has 112 valence electrons. The summed E-state index contributed by atoms with van der Waals surface area (Å²) >= 11 is 11.8. The minimum atomic E-state index is -0.375. The smallest absolute Gasteiger partial charge is 0.131 e. The molecule has 0 aliphatic rings. The maximum atomic E-state index is 13.7. The molecule has 0 radical (unpaired) electrons. The molecule has 0 saturated carbocycles. The van der Waals surface area contributed by atoms with Gasteiger partial charge >= 0.3 is 0 Å². The summed E-state index contributed by atoms with van der Waals surface area (Å²) in [5.41, 5.74) is 1.39. The van der Waals surface area contributed by atoms with Crippen molar-refractivity contribution in [2.45, 2.75) is 19.6 Å². The van der Waals surface area contributed by atoms with Crippen molar-refractivity contribution in [3.05, 3.63) is 63.4 Å². The fourth-order valence-electron chi connectivity index (χ4n) is 1.94. The molecule has 0 fully saturated rings. The molecule has 2 rings (SSSR count). The van der Waals surface area contributed by atoms with E-state index < -0.39 is 0 Å². The van der Waals surface area contributed by atoms with Crippen molar-refractivity contribution < 1.29 is 9.13 Å². The molecule has 5 heteroatoms. The zero-order valence-electron chi connectivity index (χ0n) is 11.8. The standard InChI is InChI=1S/C16H16Cl2FNO/c1-10(20-2)14-7-12(17)5-6-16(14)21-9-11-3-4-13(18)8-15(11)19/h3-8,10,20H,9H2,1-2H3. The van der Waals surface area contributed by atoms with E-state index in [1.54, 1.807) is 24.3 Å². The van der Waals surface area contributed by atoms with E-state index in [-0.39, 0.29) is 18.5 Å². The molecule has 1 N–H and O–H groups in total. The minimum Gasteiger partial charge on any atom is -0.488 e. The minimum absolute atomic E-state index is 0.0776. The molecule has 0 saturated heterocycles. The highest BCUT2D eigenvalue weighted by molar-refractivity contribution is 6.30. The number of rotatable bonds is 5. The van der Waals surface area contributed by atoms with Crippen LogP contribution in [0, 0.1) is 5.82 Å². The van der Waals surface area contributed by atoms with Crippen molar-refractivity contribution in [3.8, 4) is 5.75 Å². The SMILES string of the molecule is CNC(C)c1cc(Cl)ccc1OCc1ccc(Cl)cc1F. The lowest BCUT2D eigenvalue weighted by atomic mass is 10.1. The molecule has 1 unspecified atom stereocenters. The van der Waals surface area contributed by atoms with Gasteiger partial charge in [-0.15, -0.1) is 0 Å². The highest BCUT2D eigenvalue weighted by atomic mass is 35.5. The van der Waals surface area contributed by atoms with Crippen molar-refractivity contribution >= 4 is 23.2 Å². The summed E-state index contributed by atoms with van der Waals surface area (Å²) in [6.45, 7) is 2.13. The monoisotopic (exact) mass is 327 g/mol. The lowest BCUT2D eigenvalue weighted by molar-refractivity contribution is 0.294. The van der Waals surface area contributed by atoms with Crippen molar-refractivity contribution in [3.63, 3.8) is 0 Å². The first-order valence-electron chi connectivity index (χ1n) is 6.54. The highest BCUT2D eigenvalue weighted by Crippen LogP contribution is 2.29. The van der Waals surface area contributed by atoms with Crippen LogP contribution in [0.4, 0.5) is 4.39 Å². The number of nitrogens with one attached hydrogen (secondary N) is 1. The summed E-state index contributed by atoms with van der Waals surface area (Å²) < 4.78 is 19.5. The first-order valence-corrected chi connectivity index (χ1v) is 7.30. The molecule has 0 amide bonds. The van der Waals surface area contributed by atoms with E-state index in [0.717, 1.165) is 5.56 Å². The van der Waals surface area contributed by atoms with Gasteiger partial charge in [0.15, 0.2) is 0 Å². The van der Waals surface area contributed by atoms with Gasteiger partial charge < -0.3 is 10.1 Å². The lowest BCUT2D eigenvalue weighted by Gasteiger charge is -2.17. The molecule has 0 spiro atoms. The quantitative estimate of drug-likeness (QED) is 0.835. The Balaban J connectivity index is 2.19. The maximum Gasteiger partial charge on any atom is 0.131 e. The maximum absolute atomic E-state index is 13.7. The molecule has 2 nitrogen and oxygen atoms in total. The van der Waals surface area contributed by atoms with Gasteiger partial charge in [-0.1, -0.05) is 29.3 Å². The van der Waals surface area contributed by atoms with Gasteiger partial charge in [-0.25, -0.2) is 4.39 Å². The Morgan fingerprint density at radius 2 is 1.81 bits per heavy atom. The van der Waals surface area contributed by atoms with E-state index in [2.05, 4.69) is 5.32 Å². The van der Waals surface area contributed by atoms with Crippen LogP contribution in [-0.4, -0.2) is 7.05 Å². The molecule has 2 aromatic carbocycles. The van der Waals surface area contributed by atoms with E-state index in [1.165, 1.54) is 6.07 Å². The van der Waals surface area contributed by atoms with Crippen LogP contribution in [0.5, 0.6) is 5.75 Å². The fraction of sp³-hybridized carbons (Fsp3) is 0.250. The lowest BCUT2D eigenvalue weighted by Crippen LogP contribution is -2.14. The zero-order chi connectivity index (χ0) is 15.4. The van der Waals surface area contributed by atoms with Gasteiger partial charge in [0.05, 0.1) is 0 Å². The molecule has 0 aliphatic carbocycles. The number of ether oxygens (including phenoxy) is 1. The van der Waals surface area contributed by atoms with Crippen LogP contribution in [0.2, 0.25) is 10.0 Å². The largest absolute Gasteiger partial charge is 0.488 e. The number of benzene rings is 2. The van der Waals surface area contributed by atoms with E-state index in [0.29, 0.717) is 21.4 Å². The van der Waals surface area contributed by atoms with Crippen molar-refractivity contribution in [1.82, 2.24) is 5.32 Å². The Labute approximate surface area is 133 Å². The molecule has 0 aliphatic heterocycles. The van der Waals surface area contributed by atoms with Crippen LogP contribution >= 0.6 is 23.2 Å². The summed E-state index contributed by atoms with van der Waals surface area (Å²) in [6.07, 6.45) is 0. The average Bonchev–Trinajstić information content (AvgIpc) is 2.46. The molecule has 0 aromatic heterocycles. The Kier molecular flexibility index (Phi) is 5.45. The van der Waals surface area contributed by atoms with Gasteiger partial charge in [0.1, 0.15) is 18.2 Å². The summed E-state index contributed by atoms with van der Waals surface area (Å²) in [4.78, 5) is 0. The van der Waals surface area contributed by atoms with E-state index >= 15 is 0 Å². The number of hydrogen-bond donors (Lipinski definition) is 1. The van der Waals surface area contributed by atoms with Gasteiger partial charge in [0.25, 0.3) is 0 Å². The van der Waals surface area contributed by atoms with Gasteiger partial charge in [-0.3, -0.25) is 0 Å². The van der Waals surface area contributed by atoms with E-state index in [4.69, 9.17) is 27.9 Å². The van der Waals surface area contributed by atoms with E-state index in [1.807, 2.05) is 20.0 Å². The molecular weight excluding hydrogens is 312 g/mol. The normalized spacial score (nSPS) is 12.2. The first-order chi connectivity index (χ1) is 10.0. The van der Waals surface area contributed by atoms with Gasteiger partial charge in [-0.05, 0) is 44.3 Å². The third kappa shape index (κ3) is 4.10. The molecule has 1 atom stereocenters.